The zero-order chi connectivity index (χ0) is 31.6. The third-order valence-corrected chi connectivity index (χ3v) is 10.3. The number of rotatable bonds is 4. The average Bonchev–Trinajstić information content (AvgIpc) is 3.84. The molecule has 0 amide bonds. The summed E-state index contributed by atoms with van der Waals surface area (Å²) >= 11 is 1.68. The highest BCUT2D eigenvalue weighted by molar-refractivity contribution is 7.16. The van der Waals surface area contributed by atoms with Gasteiger partial charge in [-0.15, -0.1) is 11.3 Å². The van der Waals surface area contributed by atoms with Crippen molar-refractivity contribution in [2.45, 2.75) is 0 Å². The van der Waals surface area contributed by atoms with Crippen LogP contribution in [0.1, 0.15) is 0 Å². The Morgan fingerprint density at radius 3 is 1.50 bits per heavy atom. The molecule has 4 heteroatoms. The fourth-order valence-corrected chi connectivity index (χ4v) is 7.86. The standard InChI is InChI=1S/C44H26N2OS/c1-2-10-36-35(9-1)39-21-31(27-5-3-7-29(19-27)33-13-17-41-43(23-33)47-25-45-41)11-15-37(39)38-16-12-32(22-40(36)38)28-6-4-8-30(20-28)34-14-18-42-44(24-34)48-26-46-42/h1-26H. The molecule has 0 N–H and O–H groups in total. The van der Waals surface area contributed by atoms with E-state index in [1.165, 1.54) is 76.8 Å². The predicted molar refractivity (Wildman–Crippen MR) is 201 cm³/mol. The topological polar surface area (TPSA) is 38.9 Å². The first kappa shape index (κ1) is 27.1. The summed E-state index contributed by atoms with van der Waals surface area (Å²) in [6, 6.07) is 53.0. The number of benzene rings is 8. The fourth-order valence-electron chi connectivity index (χ4n) is 7.14. The molecular weight excluding hydrogens is 605 g/mol. The molecule has 0 saturated heterocycles. The number of thiazole rings is 1. The minimum absolute atomic E-state index is 0.798. The number of nitrogens with zero attached hydrogens (tertiary/aromatic N) is 2. The van der Waals surface area contributed by atoms with E-state index in [0.29, 0.717) is 0 Å². The molecule has 0 unspecified atom stereocenters. The maximum absolute atomic E-state index is 5.57. The van der Waals surface area contributed by atoms with Gasteiger partial charge in [0.15, 0.2) is 12.0 Å². The number of hydrogen-bond donors (Lipinski definition) is 0. The number of fused-ring (bicyclic) bond motifs is 8. The molecule has 10 aromatic rings. The van der Waals surface area contributed by atoms with Crippen molar-refractivity contribution in [3.8, 4) is 44.5 Å². The summed E-state index contributed by atoms with van der Waals surface area (Å²) in [6.45, 7) is 0. The van der Waals surface area contributed by atoms with Crippen LogP contribution < -0.4 is 0 Å². The molecule has 2 heterocycles. The quantitative estimate of drug-likeness (QED) is 0.182. The van der Waals surface area contributed by atoms with Crippen LogP contribution in [0.4, 0.5) is 0 Å². The first-order chi connectivity index (χ1) is 23.7. The molecule has 0 saturated carbocycles. The summed E-state index contributed by atoms with van der Waals surface area (Å²) in [5, 5.41) is 7.58. The van der Waals surface area contributed by atoms with Crippen molar-refractivity contribution < 1.29 is 4.42 Å². The summed E-state index contributed by atoms with van der Waals surface area (Å²) in [6.07, 6.45) is 1.50. The summed E-state index contributed by atoms with van der Waals surface area (Å²) in [5.74, 6) is 0. The fraction of sp³-hybridized carbons (Fsp3) is 0. The minimum Gasteiger partial charge on any atom is -0.443 e. The van der Waals surface area contributed by atoms with Crippen LogP contribution in [0.25, 0.3) is 98.1 Å². The van der Waals surface area contributed by atoms with Crippen molar-refractivity contribution >= 4 is 65.0 Å². The summed E-state index contributed by atoms with van der Waals surface area (Å²) in [4.78, 5) is 8.72. The van der Waals surface area contributed by atoms with Gasteiger partial charge in [0.2, 0.25) is 0 Å². The molecule has 0 spiro atoms. The van der Waals surface area contributed by atoms with E-state index in [4.69, 9.17) is 4.42 Å². The predicted octanol–water partition coefficient (Wildman–Crippen LogP) is 12.6. The SMILES string of the molecule is c1cc(-c2ccc3ncoc3c2)cc(-c2ccc3c4ccc(-c5cccc(-c6ccc7ncsc7c6)c5)cc4c4ccccc4c3c2)c1. The number of aromatic nitrogens is 2. The Kier molecular flexibility index (Phi) is 6.05. The maximum Gasteiger partial charge on any atom is 0.181 e. The normalized spacial score (nSPS) is 11.8. The van der Waals surface area contributed by atoms with Crippen molar-refractivity contribution in [3.05, 3.63) is 157 Å². The molecule has 10 rings (SSSR count). The lowest BCUT2D eigenvalue weighted by atomic mass is 9.89. The third-order valence-electron chi connectivity index (χ3n) is 9.56. The Balaban J connectivity index is 1.08. The zero-order valence-corrected chi connectivity index (χ0v) is 26.5. The molecule has 8 aromatic carbocycles. The van der Waals surface area contributed by atoms with Gasteiger partial charge in [-0.2, -0.15) is 0 Å². The van der Waals surface area contributed by atoms with Crippen LogP contribution >= 0.6 is 11.3 Å². The summed E-state index contributed by atoms with van der Waals surface area (Å²) in [5.41, 5.74) is 14.1. The van der Waals surface area contributed by atoms with Crippen LogP contribution in [-0.2, 0) is 0 Å². The highest BCUT2D eigenvalue weighted by Gasteiger charge is 2.13. The molecule has 3 nitrogen and oxygen atoms in total. The highest BCUT2D eigenvalue weighted by Crippen LogP contribution is 2.40. The lowest BCUT2D eigenvalue weighted by Gasteiger charge is -2.14. The van der Waals surface area contributed by atoms with Crippen molar-refractivity contribution in [1.82, 2.24) is 9.97 Å². The van der Waals surface area contributed by atoms with Crippen LogP contribution in [0.2, 0.25) is 0 Å². The van der Waals surface area contributed by atoms with Gasteiger partial charge in [-0.05, 0) is 125 Å². The Labute approximate surface area is 280 Å². The van der Waals surface area contributed by atoms with Crippen LogP contribution in [0.15, 0.2) is 162 Å². The van der Waals surface area contributed by atoms with Gasteiger partial charge in [-0.25, -0.2) is 9.97 Å². The first-order valence-corrected chi connectivity index (χ1v) is 16.9. The summed E-state index contributed by atoms with van der Waals surface area (Å²) < 4.78 is 6.78. The molecule has 48 heavy (non-hydrogen) atoms. The smallest absolute Gasteiger partial charge is 0.181 e. The molecule has 224 valence electrons. The molecule has 0 aliphatic rings. The minimum atomic E-state index is 0.798. The first-order valence-electron chi connectivity index (χ1n) is 16.0. The maximum atomic E-state index is 5.57. The van der Waals surface area contributed by atoms with Crippen molar-refractivity contribution in [2.75, 3.05) is 0 Å². The van der Waals surface area contributed by atoms with Gasteiger partial charge in [0.05, 0.1) is 15.7 Å². The highest BCUT2D eigenvalue weighted by atomic mass is 32.1. The van der Waals surface area contributed by atoms with Crippen LogP contribution in [0.3, 0.4) is 0 Å². The van der Waals surface area contributed by atoms with Crippen molar-refractivity contribution in [2.24, 2.45) is 0 Å². The van der Waals surface area contributed by atoms with Gasteiger partial charge >= 0.3 is 0 Å². The molecule has 0 radical (unpaired) electrons. The molecule has 0 bridgehead atoms. The van der Waals surface area contributed by atoms with Gasteiger partial charge in [0.1, 0.15) is 5.52 Å². The second-order valence-corrected chi connectivity index (χ2v) is 13.2. The largest absolute Gasteiger partial charge is 0.443 e. The summed E-state index contributed by atoms with van der Waals surface area (Å²) in [7, 11) is 0. The van der Waals surface area contributed by atoms with E-state index in [2.05, 4.69) is 149 Å². The Morgan fingerprint density at radius 2 is 0.875 bits per heavy atom. The van der Waals surface area contributed by atoms with Crippen LogP contribution in [0, 0.1) is 0 Å². The molecule has 0 atom stereocenters. The molecule has 2 aromatic heterocycles. The van der Waals surface area contributed by atoms with E-state index in [-0.39, 0.29) is 0 Å². The second kappa shape index (κ2) is 10.7. The number of oxazole rings is 1. The number of hydrogen-bond acceptors (Lipinski definition) is 4. The Bertz CT molecular complexity index is 2650. The van der Waals surface area contributed by atoms with Crippen molar-refractivity contribution in [3.63, 3.8) is 0 Å². The molecular formula is C44H26N2OS. The van der Waals surface area contributed by atoms with Gasteiger partial charge in [-0.3, -0.25) is 0 Å². The monoisotopic (exact) mass is 630 g/mol. The van der Waals surface area contributed by atoms with Crippen LogP contribution in [0.5, 0.6) is 0 Å². The van der Waals surface area contributed by atoms with Crippen molar-refractivity contribution in [1.29, 1.82) is 0 Å². The average molecular weight is 631 g/mol. The van der Waals surface area contributed by atoms with E-state index in [1.807, 2.05) is 11.6 Å². The van der Waals surface area contributed by atoms with E-state index >= 15 is 0 Å². The van der Waals surface area contributed by atoms with E-state index in [0.717, 1.165) is 27.7 Å². The lowest BCUT2D eigenvalue weighted by Crippen LogP contribution is -1.87. The van der Waals surface area contributed by atoms with E-state index in [1.54, 1.807) is 11.3 Å². The van der Waals surface area contributed by atoms with Crippen LogP contribution in [-0.4, -0.2) is 9.97 Å². The van der Waals surface area contributed by atoms with Gasteiger partial charge in [0.25, 0.3) is 0 Å². The van der Waals surface area contributed by atoms with Gasteiger partial charge in [-0.1, -0.05) is 97.1 Å². The molecule has 0 fully saturated rings. The second-order valence-electron chi connectivity index (χ2n) is 12.3. The van der Waals surface area contributed by atoms with Gasteiger partial charge < -0.3 is 4.42 Å². The Hall–Kier alpha value is -6.10. The molecule has 0 aliphatic carbocycles. The lowest BCUT2D eigenvalue weighted by molar-refractivity contribution is 0.602. The van der Waals surface area contributed by atoms with E-state index in [9.17, 15) is 0 Å². The zero-order valence-electron chi connectivity index (χ0n) is 25.7. The Morgan fingerprint density at radius 1 is 0.375 bits per heavy atom. The van der Waals surface area contributed by atoms with E-state index < -0.39 is 0 Å². The third kappa shape index (κ3) is 4.42. The van der Waals surface area contributed by atoms with Gasteiger partial charge in [0, 0.05) is 0 Å². The molecule has 0 aliphatic heterocycles.